The molecule has 2 rings (SSSR count). The van der Waals surface area contributed by atoms with Gasteiger partial charge in [0.2, 0.25) is 5.91 Å². The number of urea groups is 1. The SMILES string of the molecule is O=C(CNC(=O)Nc1ccc(Cl)cc1Cl)Nc1cc(Cl)ccc1Cl. The minimum atomic E-state index is -0.591. The summed E-state index contributed by atoms with van der Waals surface area (Å²) >= 11 is 23.5. The maximum absolute atomic E-state index is 11.8. The quantitative estimate of drug-likeness (QED) is 0.663. The largest absolute Gasteiger partial charge is 0.329 e. The van der Waals surface area contributed by atoms with Crippen LogP contribution in [0.25, 0.3) is 0 Å². The molecule has 0 aliphatic carbocycles. The summed E-state index contributed by atoms with van der Waals surface area (Å²) < 4.78 is 0. The number of carbonyl (C=O) groups excluding carboxylic acids is 2. The molecular formula is C15H11Cl4N3O2. The van der Waals surface area contributed by atoms with Gasteiger partial charge in [-0.25, -0.2) is 4.79 Å². The second-order valence-electron chi connectivity index (χ2n) is 4.60. The smallest absolute Gasteiger partial charge is 0.319 e. The molecule has 0 heterocycles. The van der Waals surface area contributed by atoms with E-state index >= 15 is 0 Å². The van der Waals surface area contributed by atoms with Crippen molar-refractivity contribution in [2.24, 2.45) is 0 Å². The Hall–Kier alpha value is -1.66. The molecule has 0 saturated carbocycles. The Morgan fingerprint density at radius 3 is 2.17 bits per heavy atom. The molecule has 0 aliphatic heterocycles. The number of anilines is 2. The maximum Gasteiger partial charge on any atom is 0.319 e. The van der Waals surface area contributed by atoms with E-state index in [-0.39, 0.29) is 11.6 Å². The lowest BCUT2D eigenvalue weighted by Crippen LogP contribution is -2.35. The van der Waals surface area contributed by atoms with E-state index in [0.717, 1.165) is 0 Å². The third-order valence-electron chi connectivity index (χ3n) is 2.79. The van der Waals surface area contributed by atoms with Crippen molar-refractivity contribution in [2.45, 2.75) is 0 Å². The molecular weight excluding hydrogens is 396 g/mol. The second kappa shape index (κ2) is 8.44. The van der Waals surface area contributed by atoms with E-state index in [4.69, 9.17) is 46.4 Å². The van der Waals surface area contributed by atoms with Crippen molar-refractivity contribution in [3.8, 4) is 0 Å². The number of benzene rings is 2. The predicted molar refractivity (Wildman–Crippen MR) is 98.6 cm³/mol. The van der Waals surface area contributed by atoms with Gasteiger partial charge in [-0.2, -0.15) is 0 Å². The molecule has 0 aliphatic rings. The Morgan fingerprint density at radius 1 is 0.792 bits per heavy atom. The fraction of sp³-hybridized carbons (Fsp3) is 0.0667. The van der Waals surface area contributed by atoms with Gasteiger partial charge in [0, 0.05) is 10.0 Å². The van der Waals surface area contributed by atoms with Gasteiger partial charge in [-0.15, -0.1) is 0 Å². The summed E-state index contributed by atoms with van der Waals surface area (Å²) in [6.07, 6.45) is 0. The fourth-order valence-electron chi connectivity index (χ4n) is 1.71. The van der Waals surface area contributed by atoms with Gasteiger partial charge in [-0.1, -0.05) is 46.4 Å². The lowest BCUT2D eigenvalue weighted by Gasteiger charge is -2.10. The van der Waals surface area contributed by atoms with Gasteiger partial charge in [0.05, 0.1) is 28.0 Å². The molecule has 0 atom stereocenters. The summed E-state index contributed by atoms with van der Waals surface area (Å²) in [5.41, 5.74) is 0.731. The van der Waals surface area contributed by atoms with E-state index in [0.29, 0.717) is 26.4 Å². The molecule has 3 amide bonds. The van der Waals surface area contributed by atoms with Gasteiger partial charge in [0.15, 0.2) is 0 Å². The van der Waals surface area contributed by atoms with E-state index in [1.165, 1.54) is 12.1 Å². The Bertz CT molecular complexity index is 783. The van der Waals surface area contributed by atoms with Crippen molar-refractivity contribution < 1.29 is 9.59 Å². The Kier molecular flexibility index (Phi) is 6.57. The molecule has 0 radical (unpaired) electrons. The van der Waals surface area contributed by atoms with Crippen LogP contribution in [0.1, 0.15) is 0 Å². The highest BCUT2D eigenvalue weighted by Gasteiger charge is 2.10. The molecule has 0 unspecified atom stereocenters. The first kappa shape index (κ1) is 18.7. The Balaban J connectivity index is 1.87. The first-order valence-corrected chi connectivity index (χ1v) is 8.11. The molecule has 126 valence electrons. The second-order valence-corrected chi connectivity index (χ2v) is 6.29. The number of amides is 3. The molecule has 2 aromatic rings. The summed E-state index contributed by atoms with van der Waals surface area (Å²) in [7, 11) is 0. The molecule has 0 bridgehead atoms. The van der Waals surface area contributed by atoms with Crippen molar-refractivity contribution >= 4 is 69.7 Å². The first-order chi connectivity index (χ1) is 11.3. The fourth-order valence-corrected chi connectivity index (χ4v) is 2.50. The molecule has 0 aromatic heterocycles. The molecule has 9 heteroatoms. The van der Waals surface area contributed by atoms with Gasteiger partial charge in [0.1, 0.15) is 0 Å². The number of carbonyl (C=O) groups is 2. The highest BCUT2D eigenvalue weighted by molar-refractivity contribution is 6.37. The molecule has 2 aromatic carbocycles. The lowest BCUT2D eigenvalue weighted by atomic mass is 10.3. The third-order valence-corrected chi connectivity index (χ3v) is 3.90. The van der Waals surface area contributed by atoms with Gasteiger partial charge in [0.25, 0.3) is 0 Å². The zero-order valence-corrected chi connectivity index (χ0v) is 15.0. The van der Waals surface area contributed by atoms with Crippen LogP contribution in [-0.2, 0) is 4.79 Å². The van der Waals surface area contributed by atoms with Crippen molar-refractivity contribution in [1.82, 2.24) is 5.32 Å². The molecule has 3 N–H and O–H groups in total. The van der Waals surface area contributed by atoms with Crippen LogP contribution in [-0.4, -0.2) is 18.5 Å². The zero-order chi connectivity index (χ0) is 17.7. The molecule has 0 saturated heterocycles. The van der Waals surface area contributed by atoms with Crippen LogP contribution >= 0.6 is 46.4 Å². The van der Waals surface area contributed by atoms with E-state index in [2.05, 4.69) is 16.0 Å². The van der Waals surface area contributed by atoms with Gasteiger partial charge < -0.3 is 16.0 Å². The van der Waals surface area contributed by atoms with Gasteiger partial charge >= 0.3 is 6.03 Å². The van der Waals surface area contributed by atoms with Crippen molar-refractivity contribution in [3.63, 3.8) is 0 Å². The van der Waals surface area contributed by atoms with Gasteiger partial charge in [-0.05, 0) is 36.4 Å². The van der Waals surface area contributed by atoms with E-state index < -0.39 is 11.9 Å². The summed E-state index contributed by atoms with van der Waals surface area (Å²) in [5, 5.41) is 8.95. The maximum atomic E-state index is 11.8. The standard InChI is InChI=1S/C15H11Cl4N3O2/c16-8-2-4-12(11(19)5-8)22-15(24)20-7-14(23)21-13-6-9(17)1-3-10(13)18/h1-6H,7H2,(H,21,23)(H2,20,22,24). The lowest BCUT2D eigenvalue weighted by molar-refractivity contribution is -0.115. The van der Waals surface area contributed by atoms with E-state index in [9.17, 15) is 9.59 Å². The van der Waals surface area contributed by atoms with Crippen LogP contribution in [0.4, 0.5) is 16.2 Å². The molecule has 0 fully saturated rings. The number of hydrogen-bond donors (Lipinski definition) is 3. The van der Waals surface area contributed by atoms with Crippen LogP contribution in [0.3, 0.4) is 0 Å². The number of hydrogen-bond acceptors (Lipinski definition) is 2. The normalized spacial score (nSPS) is 10.2. The summed E-state index contributed by atoms with van der Waals surface area (Å²) in [5.74, 6) is -0.462. The molecule has 24 heavy (non-hydrogen) atoms. The van der Waals surface area contributed by atoms with E-state index in [1.54, 1.807) is 24.3 Å². The number of halogens is 4. The van der Waals surface area contributed by atoms with E-state index in [1.807, 2.05) is 0 Å². The minimum Gasteiger partial charge on any atom is -0.329 e. The first-order valence-electron chi connectivity index (χ1n) is 6.60. The van der Waals surface area contributed by atoms with Crippen LogP contribution in [0.5, 0.6) is 0 Å². The summed E-state index contributed by atoms with van der Waals surface area (Å²) in [4.78, 5) is 23.6. The van der Waals surface area contributed by atoms with Crippen molar-refractivity contribution in [2.75, 3.05) is 17.2 Å². The highest BCUT2D eigenvalue weighted by atomic mass is 35.5. The van der Waals surface area contributed by atoms with Gasteiger partial charge in [-0.3, -0.25) is 4.79 Å². The number of nitrogens with one attached hydrogen (secondary N) is 3. The predicted octanol–water partition coefficient (Wildman–Crippen LogP) is 5.06. The van der Waals surface area contributed by atoms with Crippen LogP contribution in [0.15, 0.2) is 36.4 Å². The van der Waals surface area contributed by atoms with Crippen LogP contribution < -0.4 is 16.0 Å². The van der Waals surface area contributed by atoms with Crippen molar-refractivity contribution in [3.05, 3.63) is 56.5 Å². The monoisotopic (exact) mass is 405 g/mol. The Labute approximate surface area is 158 Å². The highest BCUT2D eigenvalue weighted by Crippen LogP contribution is 2.26. The van der Waals surface area contributed by atoms with Crippen LogP contribution in [0, 0.1) is 0 Å². The summed E-state index contributed by atoms with van der Waals surface area (Å²) in [6.45, 7) is -0.264. The zero-order valence-electron chi connectivity index (χ0n) is 12.0. The molecule has 0 spiro atoms. The summed E-state index contributed by atoms with van der Waals surface area (Å²) in [6, 6.07) is 8.70. The Morgan fingerprint density at radius 2 is 1.46 bits per heavy atom. The topological polar surface area (TPSA) is 70.2 Å². The van der Waals surface area contributed by atoms with Crippen LogP contribution in [0.2, 0.25) is 20.1 Å². The third kappa shape index (κ3) is 5.46. The average molecular weight is 407 g/mol. The molecule has 5 nitrogen and oxygen atoms in total. The van der Waals surface area contributed by atoms with Crippen molar-refractivity contribution in [1.29, 1.82) is 0 Å². The minimum absolute atomic E-state index is 0.264. The average Bonchev–Trinajstić information content (AvgIpc) is 2.52. The number of rotatable bonds is 4.